The van der Waals surface area contributed by atoms with Crippen LogP contribution in [0.3, 0.4) is 0 Å². The number of aromatic nitrogens is 2. The second-order valence-corrected chi connectivity index (χ2v) is 5.62. The molecule has 1 aliphatic heterocycles. The third-order valence-corrected chi connectivity index (χ3v) is 4.01. The largest absolute Gasteiger partial charge is 0.350 e. The molecule has 2 N–H and O–H groups in total. The monoisotopic (exact) mass is 312 g/mol. The summed E-state index contributed by atoms with van der Waals surface area (Å²) in [4.78, 5) is 26.0. The summed E-state index contributed by atoms with van der Waals surface area (Å²) in [7, 11) is 0. The average Bonchev–Trinajstić information content (AvgIpc) is 3.12. The van der Waals surface area contributed by atoms with Crippen molar-refractivity contribution in [3.05, 3.63) is 47.3 Å². The second kappa shape index (κ2) is 6.64. The number of amides is 2. The van der Waals surface area contributed by atoms with E-state index in [0.29, 0.717) is 25.1 Å². The Morgan fingerprint density at radius 3 is 3.04 bits per heavy atom. The summed E-state index contributed by atoms with van der Waals surface area (Å²) in [5.41, 5.74) is 3.43. The van der Waals surface area contributed by atoms with Crippen LogP contribution in [0, 0.1) is 0 Å². The van der Waals surface area contributed by atoms with Crippen LogP contribution in [0.15, 0.2) is 30.5 Å². The van der Waals surface area contributed by atoms with E-state index in [1.165, 1.54) is 0 Å². The number of para-hydroxylation sites is 1. The second-order valence-electron chi connectivity index (χ2n) is 5.62. The van der Waals surface area contributed by atoms with E-state index in [1.807, 2.05) is 24.3 Å². The number of hydrogen-bond donors (Lipinski definition) is 2. The van der Waals surface area contributed by atoms with E-state index in [1.54, 1.807) is 11.1 Å². The lowest BCUT2D eigenvalue weighted by molar-refractivity contribution is -0.117. The number of anilines is 1. The smallest absolute Gasteiger partial charge is 0.254 e. The average molecular weight is 312 g/mol. The Morgan fingerprint density at radius 1 is 1.39 bits per heavy atom. The molecule has 0 atom stereocenters. The molecule has 1 aliphatic rings. The minimum Gasteiger partial charge on any atom is -0.350 e. The highest BCUT2D eigenvalue weighted by molar-refractivity contribution is 6.01. The maximum absolute atomic E-state index is 12.2. The molecule has 0 bridgehead atoms. The summed E-state index contributed by atoms with van der Waals surface area (Å²) in [5, 5.41) is 9.67. The number of H-pyrrole nitrogens is 1. The van der Waals surface area contributed by atoms with Crippen molar-refractivity contribution in [2.45, 2.75) is 26.2 Å². The summed E-state index contributed by atoms with van der Waals surface area (Å²) < 4.78 is 0. The van der Waals surface area contributed by atoms with Crippen molar-refractivity contribution in [3.63, 3.8) is 0 Å². The maximum atomic E-state index is 12.2. The van der Waals surface area contributed by atoms with E-state index in [-0.39, 0.29) is 11.8 Å². The van der Waals surface area contributed by atoms with E-state index >= 15 is 0 Å². The number of aromatic amines is 1. The Hall–Kier alpha value is -2.63. The maximum Gasteiger partial charge on any atom is 0.254 e. The molecule has 1 aromatic heterocycles. The zero-order chi connectivity index (χ0) is 16.2. The molecule has 120 valence electrons. The third kappa shape index (κ3) is 3.11. The van der Waals surface area contributed by atoms with E-state index in [9.17, 15) is 9.59 Å². The van der Waals surface area contributed by atoms with Gasteiger partial charge in [-0.05, 0) is 18.1 Å². The highest BCUT2D eigenvalue weighted by Gasteiger charge is 2.26. The molecule has 0 unspecified atom stereocenters. The van der Waals surface area contributed by atoms with Gasteiger partial charge in [0.2, 0.25) is 5.91 Å². The van der Waals surface area contributed by atoms with Crippen molar-refractivity contribution >= 4 is 17.5 Å². The lowest BCUT2D eigenvalue weighted by atomic mass is 10.1. The van der Waals surface area contributed by atoms with E-state index in [4.69, 9.17) is 0 Å². The van der Waals surface area contributed by atoms with Gasteiger partial charge in [0.15, 0.2) is 0 Å². The van der Waals surface area contributed by atoms with Crippen molar-refractivity contribution < 1.29 is 9.59 Å². The van der Waals surface area contributed by atoms with Gasteiger partial charge in [-0.1, -0.05) is 31.5 Å². The van der Waals surface area contributed by atoms with Gasteiger partial charge in [-0.25, -0.2) is 0 Å². The Bertz CT molecular complexity index is 723. The van der Waals surface area contributed by atoms with Gasteiger partial charge in [-0.2, -0.15) is 5.10 Å². The number of benzene rings is 1. The third-order valence-electron chi connectivity index (χ3n) is 4.01. The number of carbonyl (C=O) groups is 2. The fraction of sp³-hybridized carbons (Fsp3) is 0.353. The summed E-state index contributed by atoms with van der Waals surface area (Å²) in [6.45, 7) is 2.94. The molecular weight excluding hydrogens is 292 g/mol. The summed E-state index contributed by atoms with van der Waals surface area (Å²) >= 11 is 0. The van der Waals surface area contributed by atoms with Crippen molar-refractivity contribution in [3.8, 4) is 0 Å². The Labute approximate surface area is 134 Å². The predicted molar refractivity (Wildman–Crippen MR) is 87.4 cm³/mol. The number of hydrogen-bond acceptors (Lipinski definition) is 3. The van der Waals surface area contributed by atoms with E-state index in [0.717, 1.165) is 29.8 Å². The first-order valence-electron chi connectivity index (χ1n) is 7.89. The summed E-state index contributed by atoms with van der Waals surface area (Å²) in [6.07, 6.45) is 3.73. The molecule has 0 saturated heterocycles. The minimum absolute atomic E-state index is 0.0791. The van der Waals surface area contributed by atoms with Crippen molar-refractivity contribution in [1.82, 2.24) is 15.5 Å². The fourth-order valence-electron chi connectivity index (χ4n) is 2.89. The highest BCUT2D eigenvalue weighted by Crippen LogP contribution is 2.27. The molecule has 2 aromatic rings. The van der Waals surface area contributed by atoms with Crippen LogP contribution in [-0.2, 0) is 17.6 Å². The Kier molecular flexibility index (Phi) is 4.41. The van der Waals surface area contributed by atoms with Crippen LogP contribution in [0.2, 0.25) is 0 Å². The van der Waals surface area contributed by atoms with Crippen LogP contribution in [0.1, 0.15) is 35.0 Å². The number of fused-ring (bicyclic) bond motifs is 1. The first-order valence-corrected chi connectivity index (χ1v) is 7.89. The van der Waals surface area contributed by atoms with E-state index in [2.05, 4.69) is 22.4 Å². The summed E-state index contributed by atoms with van der Waals surface area (Å²) in [5.74, 6) is -0.0717. The molecule has 23 heavy (non-hydrogen) atoms. The van der Waals surface area contributed by atoms with Crippen LogP contribution in [0.4, 0.5) is 5.69 Å². The minimum atomic E-state index is -0.151. The molecule has 0 saturated carbocycles. The van der Waals surface area contributed by atoms with Gasteiger partial charge in [0.25, 0.3) is 5.91 Å². The van der Waals surface area contributed by atoms with Crippen LogP contribution < -0.4 is 10.2 Å². The molecule has 0 fully saturated rings. The van der Waals surface area contributed by atoms with Crippen LogP contribution in [0.5, 0.6) is 0 Å². The molecule has 0 aliphatic carbocycles. The molecule has 2 heterocycles. The van der Waals surface area contributed by atoms with Gasteiger partial charge in [-0.15, -0.1) is 0 Å². The molecular formula is C17H20N4O2. The number of nitrogens with one attached hydrogen (secondary N) is 2. The SMILES string of the molecule is CCCc1[nH]ncc1C(=O)NCCN1C(=O)Cc2ccccc21. The Balaban J connectivity index is 1.58. The zero-order valence-electron chi connectivity index (χ0n) is 13.1. The normalized spacial score (nSPS) is 13.3. The molecule has 0 radical (unpaired) electrons. The molecule has 3 rings (SSSR count). The van der Waals surface area contributed by atoms with Gasteiger partial charge in [0.05, 0.1) is 18.2 Å². The van der Waals surface area contributed by atoms with Crippen molar-refractivity contribution in [2.75, 3.05) is 18.0 Å². The van der Waals surface area contributed by atoms with Gasteiger partial charge in [-0.3, -0.25) is 14.7 Å². The zero-order valence-corrected chi connectivity index (χ0v) is 13.1. The molecule has 0 spiro atoms. The van der Waals surface area contributed by atoms with E-state index < -0.39 is 0 Å². The standard InChI is InChI=1S/C17H20N4O2/c1-2-5-14-13(11-19-20-14)17(23)18-8-9-21-15-7-4-3-6-12(15)10-16(21)22/h3-4,6-7,11H,2,5,8-10H2,1H3,(H,18,23)(H,19,20). The van der Waals surface area contributed by atoms with Crippen molar-refractivity contribution in [2.24, 2.45) is 0 Å². The van der Waals surface area contributed by atoms with Crippen LogP contribution in [0.25, 0.3) is 0 Å². The van der Waals surface area contributed by atoms with Gasteiger partial charge < -0.3 is 10.2 Å². The molecule has 2 amide bonds. The lowest BCUT2D eigenvalue weighted by Gasteiger charge is -2.17. The van der Waals surface area contributed by atoms with Crippen LogP contribution >= 0.6 is 0 Å². The van der Waals surface area contributed by atoms with Crippen LogP contribution in [-0.4, -0.2) is 35.1 Å². The number of nitrogens with zero attached hydrogens (tertiary/aromatic N) is 2. The van der Waals surface area contributed by atoms with Gasteiger partial charge >= 0.3 is 0 Å². The number of carbonyl (C=O) groups excluding carboxylic acids is 2. The predicted octanol–water partition coefficient (Wildman–Crippen LogP) is 1.68. The first-order chi connectivity index (χ1) is 11.2. The van der Waals surface area contributed by atoms with Gasteiger partial charge in [0, 0.05) is 24.5 Å². The Morgan fingerprint density at radius 2 is 2.22 bits per heavy atom. The van der Waals surface area contributed by atoms with Crippen molar-refractivity contribution in [1.29, 1.82) is 0 Å². The fourth-order valence-corrected chi connectivity index (χ4v) is 2.89. The van der Waals surface area contributed by atoms with Gasteiger partial charge in [0.1, 0.15) is 0 Å². The summed E-state index contributed by atoms with van der Waals surface area (Å²) in [6, 6.07) is 7.77. The lowest BCUT2D eigenvalue weighted by Crippen LogP contribution is -2.36. The quantitative estimate of drug-likeness (QED) is 0.852. The highest BCUT2D eigenvalue weighted by atomic mass is 16.2. The number of rotatable bonds is 6. The topological polar surface area (TPSA) is 78.1 Å². The molecule has 1 aromatic carbocycles. The number of aryl methyl sites for hydroxylation is 1. The molecule has 6 heteroatoms. The first kappa shape index (κ1) is 15.3. The molecule has 6 nitrogen and oxygen atoms in total.